The second-order valence-electron chi connectivity index (χ2n) is 8.11. The molecule has 164 valence electrons. The fourth-order valence-electron chi connectivity index (χ4n) is 4.35. The van der Waals surface area contributed by atoms with Gasteiger partial charge in [-0.15, -0.1) is 0 Å². The number of carbonyl (C=O) groups is 2. The summed E-state index contributed by atoms with van der Waals surface area (Å²) in [7, 11) is 5.24. The van der Waals surface area contributed by atoms with E-state index in [1.165, 1.54) is 0 Å². The first-order valence-corrected chi connectivity index (χ1v) is 10.6. The molecule has 7 nitrogen and oxygen atoms in total. The molecule has 2 heterocycles. The molecule has 2 aliphatic rings. The van der Waals surface area contributed by atoms with Gasteiger partial charge in [0.05, 0.1) is 26.7 Å². The average Bonchev–Trinajstić information content (AvgIpc) is 3.13. The number of methoxy groups -OCH3 is 2. The van der Waals surface area contributed by atoms with Gasteiger partial charge in [-0.05, 0) is 36.4 Å². The maximum atomic E-state index is 13.2. The molecule has 31 heavy (non-hydrogen) atoms. The second-order valence-corrected chi connectivity index (χ2v) is 8.11. The molecular weight excluding hydrogens is 394 g/mol. The van der Waals surface area contributed by atoms with Crippen molar-refractivity contribution in [3.63, 3.8) is 0 Å². The summed E-state index contributed by atoms with van der Waals surface area (Å²) in [5, 5.41) is 0. The number of piperazine rings is 1. The van der Waals surface area contributed by atoms with Crippen molar-refractivity contribution >= 4 is 11.8 Å². The van der Waals surface area contributed by atoms with Crippen LogP contribution in [0, 0.1) is 0 Å². The molecular formula is C24H29N3O4. The molecule has 0 N–H and O–H groups in total. The van der Waals surface area contributed by atoms with Crippen LogP contribution in [0.2, 0.25) is 0 Å². The summed E-state index contributed by atoms with van der Waals surface area (Å²) in [6, 6.07) is 12.9. The van der Waals surface area contributed by atoms with Gasteiger partial charge in [0.25, 0.3) is 5.91 Å². The Labute approximate surface area is 183 Å². The van der Waals surface area contributed by atoms with E-state index in [9.17, 15) is 9.59 Å². The van der Waals surface area contributed by atoms with Crippen molar-refractivity contribution in [2.75, 3.05) is 47.4 Å². The summed E-state index contributed by atoms with van der Waals surface area (Å²) in [5.74, 6) is 1.23. The lowest BCUT2D eigenvalue weighted by Crippen LogP contribution is -2.48. The molecule has 7 heteroatoms. The van der Waals surface area contributed by atoms with Crippen LogP contribution in [-0.2, 0) is 11.3 Å². The molecule has 0 unspecified atom stereocenters. The van der Waals surface area contributed by atoms with Crippen LogP contribution in [0.15, 0.2) is 42.5 Å². The van der Waals surface area contributed by atoms with E-state index in [4.69, 9.17) is 9.47 Å². The zero-order valence-electron chi connectivity index (χ0n) is 18.3. The second kappa shape index (κ2) is 8.98. The number of hydrogen-bond donors (Lipinski definition) is 0. The van der Waals surface area contributed by atoms with Gasteiger partial charge in [0.2, 0.25) is 5.91 Å². The smallest absolute Gasteiger partial charge is 0.255 e. The minimum atomic E-state index is -0.383. The number of amides is 2. The Morgan fingerprint density at radius 2 is 1.71 bits per heavy atom. The normalized spacial score (nSPS) is 17.5. The molecule has 1 atom stereocenters. The van der Waals surface area contributed by atoms with Crippen molar-refractivity contribution in [3.05, 3.63) is 59.2 Å². The third-order valence-corrected chi connectivity index (χ3v) is 6.24. The summed E-state index contributed by atoms with van der Waals surface area (Å²) in [6.45, 7) is 3.63. The zero-order chi connectivity index (χ0) is 22.0. The molecule has 1 fully saturated rings. The lowest BCUT2D eigenvalue weighted by molar-refractivity contribution is -0.134. The standard InChI is InChI=1S/C24H29N3O4/c1-25-10-12-26(13-11-25)23(28)15-20(17-8-9-21(30-2)22(14-17)31-3)27-16-18-6-4-5-7-19(18)24(27)29/h4-9,14,20H,10-13,15-16H2,1-3H3/t20-/m1/s1. The summed E-state index contributed by atoms with van der Waals surface area (Å²) in [4.78, 5) is 32.4. The molecule has 0 radical (unpaired) electrons. The van der Waals surface area contributed by atoms with Gasteiger partial charge in [-0.2, -0.15) is 0 Å². The fourth-order valence-corrected chi connectivity index (χ4v) is 4.35. The first-order chi connectivity index (χ1) is 15.0. The minimum absolute atomic E-state index is 0.0402. The molecule has 0 bridgehead atoms. The van der Waals surface area contributed by atoms with E-state index in [1.54, 1.807) is 19.1 Å². The Kier molecular flexibility index (Phi) is 6.13. The van der Waals surface area contributed by atoms with E-state index in [0.717, 1.165) is 24.2 Å². The van der Waals surface area contributed by atoms with Crippen molar-refractivity contribution in [1.29, 1.82) is 0 Å². The average molecular weight is 424 g/mol. The highest BCUT2D eigenvalue weighted by Gasteiger charge is 2.36. The minimum Gasteiger partial charge on any atom is -0.493 e. The molecule has 2 aromatic carbocycles. The van der Waals surface area contributed by atoms with Crippen molar-refractivity contribution in [1.82, 2.24) is 14.7 Å². The van der Waals surface area contributed by atoms with Crippen molar-refractivity contribution in [2.24, 2.45) is 0 Å². The predicted molar refractivity (Wildman–Crippen MR) is 117 cm³/mol. The molecule has 1 saturated heterocycles. The van der Waals surface area contributed by atoms with Gasteiger partial charge in [0.1, 0.15) is 0 Å². The van der Waals surface area contributed by atoms with E-state index in [2.05, 4.69) is 11.9 Å². The van der Waals surface area contributed by atoms with Gasteiger partial charge in [0.15, 0.2) is 11.5 Å². The lowest BCUT2D eigenvalue weighted by atomic mass is 10.00. The van der Waals surface area contributed by atoms with Gasteiger partial charge in [-0.25, -0.2) is 0 Å². The third kappa shape index (κ3) is 4.23. The Morgan fingerprint density at radius 1 is 1.00 bits per heavy atom. The largest absolute Gasteiger partial charge is 0.493 e. The van der Waals surface area contributed by atoms with Gasteiger partial charge in [0, 0.05) is 38.3 Å². The number of likely N-dealkylation sites (N-methyl/N-ethyl adjacent to an activating group) is 1. The molecule has 0 aliphatic carbocycles. The SMILES string of the molecule is COc1ccc([C@@H](CC(=O)N2CCN(C)CC2)N2Cc3ccccc3C2=O)cc1OC. The Balaban J connectivity index is 1.65. The molecule has 0 spiro atoms. The number of hydrogen-bond acceptors (Lipinski definition) is 5. The van der Waals surface area contributed by atoms with E-state index >= 15 is 0 Å². The summed E-state index contributed by atoms with van der Waals surface area (Å²) in [5.41, 5.74) is 2.56. The van der Waals surface area contributed by atoms with Gasteiger partial charge in [-0.3, -0.25) is 9.59 Å². The summed E-state index contributed by atoms with van der Waals surface area (Å²) >= 11 is 0. The highest BCUT2D eigenvalue weighted by atomic mass is 16.5. The fraction of sp³-hybridized carbons (Fsp3) is 0.417. The van der Waals surface area contributed by atoms with Gasteiger partial charge >= 0.3 is 0 Å². The Bertz CT molecular complexity index is 969. The molecule has 4 rings (SSSR count). The highest BCUT2D eigenvalue weighted by Crippen LogP contribution is 2.37. The van der Waals surface area contributed by atoms with E-state index < -0.39 is 0 Å². The van der Waals surface area contributed by atoms with E-state index in [-0.39, 0.29) is 24.3 Å². The van der Waals surface area contributed by atoms with Gasteiger partial charge < -0.3 is 24.2 Å². The maximum absolute atomic E-state index is 13.2. The zero-order valence-corrected chi connectivity index (χ0v) is 18.3. The number of benzene rings is 2. The maximum Gasteiger partial charge on any atom is 0.255 e. The number of nitrogens with zero attached hydrogens (tertiary/aromatic N) is 3. The number of ether oxygens (including phenoxy) is 2. The van der Waals surface area contributed by atoms with Crippen LogP contribution in [-0.4, -0.2) is 74.0 Å². The van der Waals surface area contributed by atoms with Crippen LogP contribution >= 0.6 is 0 Å². The first kappa shape index (κ1) is 21.2. The van der Waals surface area contributed by atoms with Crippen LogP contribution in [0.1, 0.15) is 33.9 Å². The van der Waals surface area contributed by atoms with Crippen LogP contribution < -0.4 is 9.47 Å². The van der Waals surface area contributed by atoms with Crippen LogP contribution in [0.5, 0.6) is 11.5 Å². The highest BCUT2D eigenvalue weighted by molar-refractivity contribution is 5.98. The van der Waals surface area contributed by atoms with Crippen molar-refractivity contribution < 1.29 is 19.1 Å². The Hall–Kier alpha value is -3.06. The molecule has 2 aromatic rings. The van der Waals surface area contributed by atoms with E-state index in [1.807, 2.05) is 47.4 Å². The summed E-state index contributed by atoms with van der Waals surface area (Å²) in [6.07, 6.45) is 0.235. The van der Waals surface area contributed by atoms with Crippen molar-refractivity contribution in [3.8, 4) is 11.5 Å². The van der Waals surface area contributed by atoms with Crippen LogP contribution in [0.3, 0.4) is 0 Å². The monoisotopic (exact) mass is 423 g/mol. The Morgan fingerprint density at radius 3 is 2.39 bits per heavy atom. The number of rotatable bonds is 6. The van der Waals surface area contributed by atoms with Crippen molar-refractivity contribution in [2.45, 2.75) is 19.0 Å². The molecule has 0 aromatic heterocycles. The third-order valence-electron chi connectivity index (χ3n) is 6.24. The summed E-state index contributed by atoms with van der Waals surface area (Å²) < 4.78 is 10.9. The topological polar surface area (TPSA) is 62.3 Å². The molecule has 0 saturated carbocycles. The van der Waals surface area contributed by atoms with Crippen LogP contribution in [0.25, 0.3) is 0 Å². The molecule has 2 aliphatic heterocycles. The van der Waals surface area contributed by atoms with Gasteiger partial charge in [-0.1, -0.05) is 24.3 Å². The first-order valence-electron chi connectivity index (χ1n) is 10.6. The quantitative estimate of drug-likeness (QED) is 0.715. The number of carbonyl (C=O) groups excluding carboxylic acids is 2. The van der Waals surface area contributed by atoms with Crippen LogP contribution in [0.4, 0.5) is 0 Å². The number of fused-ring (bicyclic) bond motifs is 1. The van der Waals surface area contributed by atoms with E-state index in [0.29, 0.717) is 36.7 Å². The molecule has 2 amide bonds. The lowest BCUT2D eigenvalue weighted by Gasteiger charge is -2.35. The predicted octanol–water partition coefficient (Wildman–Crippen LogP) is 2.57.